The van der Waals surface area contributed by atoms with Crippen LogP contribution in [0.3, 0.4) is 0 Å². The van der Waals surface area contributed by atoms with Gasteiger partial charge in [-0.2, -0.15) is 0 Å². The molecule has 0 atom stereocenters. The zero-order chi connectivity index (χ0) is 16.8. The van der Waals surface area contributed by atoms with Gasteiger partial charge < -0.3 is 9.47 Å². The lowest BCUT2D eigenvalue weighted by Gasteiger charge is -2.12. The minimum atomic E-state index is -0.0212. The van der Waals surface area contributed by atoms with E-state index in [0.717, 1.165) is 18.4 Å². The van der Waals surface area contributed by atoms with Crippen LogP contribution in [0.1, 0.15) is 32.3 Å². The van der Waals surface area contributed by atoms with Crippen molar-refractivity contribution < 1.29 is 14.3 Å². The van der Waals surface area contributed by atoms with E-state index in [2.05, 4.69) is 6.92 Å². The Morgan fingerprint density at radius 3 is 2.70 bits per heavy atom. The number of thioether (sulfide) groups is 1. The van der Waals surface area contributed by atoms with Crippen LogP contribution in [-0.4, -0.2) is 35.4 Å². The van der Waals surface area contributed by atoms with Crippen LogP contribution in [0.5, 0.6) is 11.5 Å². The fraction of sp³-hybridized carbons (Fsp3) is 0.412. The number of hydrogen-bond donors (Lipinski definition) is 0. The van der Waals surface area contributed by atoms with Gasteiger partial charge in [0.15, 0.2) is 11.5 Å². The first-order valence-electron chi connectivity index (χ1n) is 7.66. The molecule has 0 aromatic heterocycles. The van der Waals surface area contributed by atoms with Crippen molar-refractivity contribution in [3.05, 3.63) is 28.7 Å². The Morgan fingerprint density at radius 1 is 1.26 bits per heavy atom. The van der Waals surface area contributed by atoms with Gasteiger partial charge >= 0.3 is 0 Å². The molecule has 1 aliphatic heterocycles. The molecule has 0 unspecified atom stereocenters. The zero-order valence-corrected chi connectivity index (χ0v) is 15.3. The van der Waals surface area contributed by atoms with Crippen LogP contribution < -0.4 is 9.47 Å². The smallest absolute Gasteiger partial charge is 0.266 e. The number of methoxy groups -OCH3 is 1. The Bertz CT molecular complexity index is 628. The fourth-order valence-corrected chi connectivity index (χ4v) is 3.48. The zero-order valence-electron chi connectivity index (χ0n) is 13.6. The van der Waals surface area contributed by atoms with Crippen LogP contribution in [0, 0.1) is 0 Å². The van der Waals surface area contributed by atoms with Crippen LogP contribution in [0.25, 0.3) is 6.08 Å². The monoisotopic (exact) mass is 351 g/mol. The lowest BCUT2D eigenvalue weighted by molar-refractivity contribution is -0.122. The number of carbonyl (C=O) groups excluding carboxylic acids is 1. The molecule has 124 valence electrons. The van der Waals surface area contributed by atoms with Crippen molar-refractivity contribution in [3.63, 3.8) is 0 Å². The average molecular weight is 351 g/mol. The van der Waals surface area contributed by atoms with Crippen molar-refractivity contribution in [1.29, 1.82) is 0 Å². The molecule has 0 spiro atoms. The first kappa shape index (κ1) is 17.8. The molecule has 0 N–H and O–H groups in total. The van der Waals surface area contributed by atoms with Crippen molar-refractivity contribution in [2.45, 2.75) is 26.7 Å². The molecule has 1 heterocycles. The van der Waals surface area contributed by atoms with Crippen molar-refractivity contribution in [1.82, 2.24) is 4.90 Å². The Kier molecular flexibility index (Phi) is 6.47. The predicted molar refractivity (Wildman–Crippen MR) is 99.0 cm³/mol. The van der Waals surface area contributed by atoms with Gasteiger partial charge in [-0.1, -0.05) is 43.9 Å². The van der Waals surface area contributed by atoms with Crippen molar-refractivity contribution >= 4 is 40.3 Å². The van der Waals surface area contributed by atoms with Gasteiger partial charge in [0.25, 0.3) is 5.91 Å². The van der Waals surface area contributed by atoms with Crippen molar-refractivity contribution in [2.75, 3.05) is 20.3 Å². The highest BCUT2D eigenvalue weighted by Crippen LogP contribution is 2.34. The van der Waals surface area contributed by atoms with E-state index in [0.29, 0.717) is 33.9 Å². The molecule has 6 heteroatoms. The van der Waals surface area contributed by atoms with Gasteiger partial charge in [-0.25, -0.2) is 0 Å². The molecular formula is C17H21NO3S2. The SMILES string of the molecule is CCCOc1ccc(/C=C2/SC(=S)N(CCC)C2=O)cc1OC. The lowest BCUT2D eigenvalue weighted by Crippen LogP contribution is -2.28. The largest absolute Gasteiger partial charge is 0.493 e. The Balaban J connectivity index is 2.22. The Hall–Kier alpha value is -1.53. The first-order valence-corrected chi connectivity index (χ1v) is 8.89. The summed E-state index contributed by atoms with van der Waals surface area (Å²) in [5.41, 5.74) is 0.891. The van der Waals surface area contributed by atoms with Crippen LogP contribution >= 0.6 is 24.0 Å². The molecule has 1 amide bonds. The van der Waals surface area contributed by atoms with Gasteiger partial charge in [-0.3, -0.25) is 9.69 Å². The van der Waals surface area contributed by atoms with Crippen molar-refractivity contribution in [3.8, 4) is 11.5 Å². The van der Waals surface area contributed by atoms with Gasteiger partial charge in [0, 0.05) is 6.54 Å². The lowest BCUT2D eigenvalue weighted by atomic mass is 10.2. The highest BCUT2D eigenvalue weighted by Gasteiger charge is 2.31. The molecule has 23 heavy (non-hydrogen) atoms. The third-order valence-electron chi connectivity index (χ3n) is 3.27. The molecule has 0 saturated carbocycles. The van der Waals surface area contributed by atoms with Gasteiger partial charge in [0.05, 0.1) is 18.6 Å². The van der Waals surface area contributed by atoms with E-state index in [1.54, 1.807) is 12.0 Å². The second-order valence-corrected chi connectivity index (χ2v) is 6.77. The van der Waals surface area contributed by atoms with Gasteiger partial charge in [-0.15, -0.1) is 0 Å². The third-order valence-corrected chi connectivity index (χ3v) is 4.65. The van der Waals surface area contributed by atoms with Crippen LogP contribution in [0.4, 0.5) is 0 Å². The molecular weight excluding hydrogens is 330 g/mol. The molecule has 1 aliphatic rings. The quantitative estimate of drug-likeness (QED) is 0.546. The van der Waals surface area contributed by atoms with E-state index < -0.39 is 0 Å². The normalized spacial score (nSPS) is 16.3. The number of carbonyl (C=O) groups is 1. The standard InChI is InChI=1S/C17H21NO3S2/c1-4-8-18-16(19)15(23-17(18)22)11-12-6-7-13(21-9-5-2)14(10-12)20-3/h6-7,10-11H,4-5,8-9H2,1-3H3/b15-11+. The van der Waals surface area contributed by atoms with E-state index in [9.17, 15) is 4.79 Å². The second kappa shape index (κ2) is 8.36. The molecule has 0 aliphatic carbocycles. The second-order valence-electron chi connectivity index (χ2n) is 5.09. The minimum absolute atomic E-state index is 0.0212. The Morgan fingerprint density at radius 2 is 2.04 bits per heavy atom. The molecule has 1 fully saturated rings. The molecule has 4 nitrogen and oxygen atoms in total. The maximum Gasteiger partial charge on any atom is 0.266 e. The minimum Gasteiger partial charge on any atom is -0.493 e. The summed E-state index contributed by atoms with van der Waals surface area (Å²) in [7, 11) is 1.61. The topological polar surface area (TPSA) is 38.8 Å². The maximum atomic E-state index is 12.4. The molecule has 1 saturated heterocycles. The van der Waals surface area contributed by atoms with Crippen LogP contribution in [0.2, 0.25) is 0 Å². The van der Waals surface area contributed by atoms with Crippen molar-refractivity contribution in [2.24, 2.45) is 0 Å². The average Bonchev–Trinajstić information content (AvgIpc) is 2.81. The van der Waals surface area contributed by atoms with E-state index in [1.807, 2.05) is 31.2 Å². The van der Waals surface area contributed by atoms with Gasteiger partial charge in [-0.05, 0) is 36.6 Å². The summed E-state index contributed by atoms with van der Waals surface area (Å²) in [6.45, 7) is 5.39. The number of thiocarbonyl (C=S) groups is 1. The Labute approximate surface area is 146 Å². The summed E-state index contributed by atoms with van der Waals surface area (Å²) >= 11 is 6.62. The van der Waals surface area contributed by atoms with Crippen LogP contribution in [-0.2, 0) is 4.79 Å². The summed E-state index contributed by atoms with van der Waals surface area (Å²) in [6, 6.07) is 5.66. The number of rotatable bonds is 7. The van der Waals surface area contributed by atoms with E-state index in [1.165, 1.54) is 11.8 Å². The summed E-state index contributed by atoms with van der Waals surface area (Å²) in [5.74, 6) is 1.35. The number of nitrogens with zero attached hydrogens (tertiary/aromatic N) is 1. The first-order chi connectivity index (χ1) is 11.1. The van der Waals surface area contributed by atoms with E-state index in [4.69, 9.17) is 21.7 Å². The highest BCUT2D eigenvalue weighted by atomic mass is 32.2. The number of ether oxygens (including phenoxy) is 2. The summed E-state index contributed by atoms with van der Waals surface area (Å²) in [6.07, 6.45) is 3.67. The summed E-state index contributed by atoms with van der Waals surface area (Å²) in [4.78, 5) is 14.7. The highest BCUT2D eigenvalue weighted by molar-refractivity contribution is 8.26. The molecule has 2 rings (SSSR count). The van der Waals surface area contributed by atoms with Gasteiger partial charge in [0.2, 0.25) is 0 Å². The number of benzene rings is 1. The third kappa shape index (κ3) is 4.26. The maximum absolute atomic E-state index is 12.4. The van der Waals surface area contributed by atoms with E-state index >= 15 is 0 Å². The summed E-state index contributed by atoms with van der Waals surface area (Å²) < 4.78 is 11.6. The van der Waals surface area contributed by atoms with E-state index in [-0.39, 0.29) is 5.91 Å². The molecule has 0 bridgehead atoms. The summed E-state index contributed by atoms with van der Waals surface area (Å²) in [5, 5.41) is 0. The fourth-order valence-electron chi connectivity index (χ4n) is 2.17. The predicted octanol–water partition coefficient (Wildman–Crippen LogP) is 4.10. The molecule has 1 aromatic rings. The molecule has 0 radical (unpaired) electrons. The number of amides is 1. The number of hydrogen-bond acceptors (Lipinski definition) is 5. The molecule has 1 aromatic carbocycles. The van der Waals surface area contributed by atoms with Gasteiger partial charge in [0.1, 0.15) is 4.32 Å². The van der Waals surface area contributed by atoms with Crippen LogP contribution in [0.15, 0.2) is 23.1 Å².